The first-order chi connectivity index (χ1) is 11.0. The van der Waals surface area contributed by atoms with Crippen molar-refractivity contribution in [2.24, 2.45) is 5.41 Å². The van der Waals surface area contributed by atoms with Crippen LogP contribution in [0.5, 0.6) is 11.5 Å². The summed E-state index contributed by atoms with van der Waals surface area (Å²) in [5.74, 6) is -0.0152. The van der Waals surface area contributed by atoms with Gasteiger partial charge in [-0.25, -0.2) is 0 Å². The summed E-state index contributed by atoms with van der Waals surface area (Å²) in [7, 11) is 3.26. The second kappa shape index (κ2) is 5.73. The van der Waals surface area contributed by atoms with Crippen LogP contribution >= 0.6 is 0 Å². The second-order valence-electron chi connectivity index (χ2n) is 6.01. The average Bonchev–Trinajstić information content (AvgIpc) is 2.96. The summed E-state index contributed by atoms with van der Waals surface area (Å²) in [4.78, 5) is 25.7. The van der Waals surface area contributed by atoms with Crippen molar-refractivity contribution in [3.63, 3.8) is 0 Å². The van der Waals surface area contributed by atoms with Crippen molar-refractivity contribution in [2.75, 3.05) is 40.4 Å². The van der Waals surface area contributed by atoms with Gasteiger partial charge in [0.1, 0.15) is 23.5 Å². The second-order valence-corrected chi connectivity index (χ2v) is 6.01. The lowest BCUT2D eigenvalue weighted by atomic mass is 9.73. The molecule has 1 aromatic carbocycles. The quantitative estimate of drug-likeness (QED) is 0.830. The van der Waals surface area contributed by atoms with Gasteiger partial charge in [-0.15, -0.1) is 0 Å². The lowest BCUT2D eigenvalue weighted by molar-refractivity contribution is -0.152. The van der Waals surface area contributed by atoms with E-state index >= 15 is 0 Å². The molecule has 1 saturated heterocycles. The van der Waals surface area contributed by atoms with Gasteiger partial charge in [0, 0.05) is 30.6 Å². The molecule has 0 radical (unpaired) electrons. The number of hydrogen-bond donors (Lipinski definition) is 2. The van der Waals surface area contributed by atoms with E-state index in [-0.39, 0.29) is 31.5 Å². The number of carboxylic acids is 1. The summed E-state index contributed by atoms with van der Waals surface area (Å²) in [6.45, 7) is 0.795. The zero-order valence-electron chi connectivity index (χ0n) is 13.2. The average molecular weight is 320 g/mol. The highest BCUT2D eigenvalue weighted by molar-refractivity contribution is 5.83. The Morgan fingerprint density at radius 2 is 2.30 bits per heavy atom. The number of carbonyl (C=O) groups excluding carboxylic acids is 1. The number of ether oxygens (including phenoxy) is 2. The number of hydrogen-bond acceptors (Lipinski definition) is 5. The largest absolute Gasteiger partial charge is 0.497 e. The van der Waals surface area contributed by atoms with Crippen molar-refractivity contribution < 1.29 is 24.2 Å². The van der Waals surface area contributed by atoms with Crippen LogP contribution in [0.4, 0.5) is 0 Å². The Morgan fingerprint density at radius 3 is 2.96 bits per heavy atom. The summed E-state index contributed by atoms with van der Waals surface area (Å²) >= 11 is 0. The van der Waals surface area contributed by atoms with E-state index in [1.54, 1.807) is 31.2 Å². The minimum absolute atomic E-state index is 0.0521. The highest BCUT2D eigenvalue weighted by Gasteiger charge is 2.57. The normalized spacial score (nSPS) is 25.3. The molecule has 0 saturated carbocycles. The van der Waals surface area contributed by atoms with Crippen molar-refractivity contribution >= 4 is 11.9 Å². The van der Waals surface area contributed by atoms with E-state index in [0.29, 0.717) is 18.0 Å². The number of aliphatic carboxylic acids is 1. The van der Waals surface area contributed by atoms with Gasteiger partial charge in [-0.05, 0) is 13.1 Å². The minimum Gasteiger partial charge on any atom is -0.497 e. The number of carboxylic acid groups (broad SMARTS) is 1. The molecule has 1 aromatic rings. The monoisotopic (exact) mass is 320 g/mol. The van der Waals surface area contributed by atoms with Crippen LogP contribution in [0, 0.1) is 5.41 Å². The van der Waals surface area contributed by atoms with Crippen LogP contribution in [-0.4, -0.2) is 62.3 Å². The summed E-state index contributed by atoms with van der Waals surface area (Å²) in [6.07, 6.45) is 0. The number of carbonyl (C=O) groups is 2. The molecule has 2 N–H and O–H groups in total. The molecule has 7 heteroatoms. The van der Waals surface area contributed by atoms with E-state index in [4.69, 9.17) is 9.47 Å². The molecule has 1 amide bonds. The Kier molecular flexibility index (Phi) is 3.89. The van der Waals surface area contributed by atoms with Gasteiger partial charge in [0.2, 0.25) is 5.91 Å². The molecular weight excluding hydrogens is 300 g/mol. The fraction of sp³-hybridized carbons (Fsp3) is 0.500. The van der Waals surface area contributed by atoms with Gasteiger partial charge in [0.15, 0.2) is 0 Å². The molecule has 1 fully saturated rings. The molecule has 0 unspecified atom stereocenters. The third-order valence-corrected chi connectivity index (χ3v) is 4.73. The molecule has 7 nitrogen and oxygen atoms in total. The number of amides is 1. The highest BCUT2D eigenvalue weighted by Crippen LogP contribution is 2.50. The standard InChI is InChI=1S/C16H20N2O5/c1-17-6-14(19)18-7-12-11-4-3-10(22-2)5-13(11)23-9-16(12,8-18)15(20)21/h3-5,12,17H,6-9H2,1-2H3,(H,20,21)/t12-,16-/m1/s1. The van der Waals surface area contributed by atoms with Crippen molar-refractivity contribution in [1.82, 2.24) is 10.2 Å². The molecule has 0 bridgehead atoms. The van der Waals surface area contributed by atoms with E-state index < -0.39 is 11.4 Å². The number of rotatable bonds is 4. The Morgan fingerprint density at radius 1 is 1.52 bits per heavy atom. The molecule has 0 aliphatic carbocycles. The summed E-state index contributed by atoms with van der Waals surface area (Å²) in [5.41, 5.74) is -0.274. The van der Waals surface area contributed by atoms with Crippen LogP contribution in [0.2, 0.25) is 0 Å². The highest BCUT2D eigenvalue weighted by atomic mass is 16.5. The molecule has 0 spiro atoms. The molecule has 2 atom stereocenters. The maximum atomic E-state index is 12.2. The van der Waals surface area contributed by atoms with Crippen LogP contribution in [-0.2, 0) is 9.59 Å². The summed E-state index contributed by atoms with van der Waals surface area (Å²) < 4.78 is 10.9. The predicted octanol–water partition coefficient (Wildman–Crippen LogP) is 0.304. The van der Waals surface area contributed by atoms with E-state index in [2.05, 4.69) is 5.32 Å². The molecule has 2 aliphatic heterocycles. The van der Waals surface area contributed by atoms with E-state index in [1.807, 2.05) is 6.07 Å². The van der Waals surface area contributed by atoms with E-state index in [1.165, 1.54) is 0 Å². The number of nitrogens with zero attached hydrogens (tertiary/aromatic N) is 1. The molecule has 23 heavy (non-hydrogen) atoms. The van der Waals surface area contributed by atoms with Crippen molar-refractivity contribution in [3.8, 4) is 11.5 Å². The van der Waals surface area contributed by atoms with Gasteiger partial charge in [-0.3, -0.25) is 9.59 Å². The van der Waals surface area contributed by atoms with E-state index in [0.717, 1.165) is 5.56 Å². The number of likely N-dealkylation sites (tertiary alicyclic amines) is 1. The third-order valence-electron chi connectivity index (χ3n) is 4.73. The van der Waals surface area contributed by atoms with Gasteiger partial charge >= 0.3 is 5.97 Å². The Hall–Kier alpha value is -2.28. The van der Waals surface area contributed by atoms with Crippen molar-refractivity contribution in [3.05, 3.63) is 23.8 Å². The van der Waals surface area contributed by atoms with Crippen LogP contribution < -0.4 is 14.8 Å². The first-order valence-corrected chi connectivity index (χ1v) is 7.48. The number of methoxy groups -OCH3 is 1. The summed E-state index contributed by atoms with van der Waals surface area (Å²) in [5, 5.41) is 12.6. The van der Waals surface area contributed by atoms with Gasteiger partial charge in [0.25, 0.3) is 0 Å². The van der Waals surface area contributed by atoms with Gasteiger partial charge in [0.05, 0.1) is 13.7 Å². The maximum absolute atomic E-state index is 12.2. The molecule has 124 valence electrons. The van der Waals surface area contributed by atoms with Gasteiger partial charge in [-0.1, -0.05) is 6.07 Å². The summed E-state index contributed by atoms with van der Waals surface area (Å²) in [6, 6.07) is 5.39. The molecule has 2 heterocycles. The number of benzene rings is 1. The van der Waals surface area contributed by atoms with Crippen LogP contribution in [0.1, 0.15) is 11.5 Å². The first kappa shape index (κ1) is 15.6. The zero-order valence-corrected chi connectivity index (χ0v) is 13.2. The fourth-order valence-corrected chi connectivity index (χ4v) is 3.45. The maximum Gasteiger partial charge on any atom is 0.315 e. The SMILES string of the molecule is CNCC(=O)N1C[C@@H]2c3ccc(OC)cc3OC[C@]2(C(=O)O)C1. The Labute approximate surface area is 134 Å². The van der Waals surface area contributed by atoms with E-state index in [9.17, 15) is 14.7 Å². The van der Waals surface area contributed by atoms with Gasteiger partial charge in [-0.2, -0.15) is 0 Å². The lowest BCUT2D eigenvalue weighted by Crippen LogP contribution is -2.46. The number of likely N-dealkylation sites (N-methyl/N-ethyl adjacent to an activating group) is 1. The predicted molar refractivity (Wildman–Crippen MR) is 81.8 cm³/mol. The Balaban J connectivity index is 1.98. The van der Waals surface area contributed by atoms with Gasteiger partial charge < -0.3 is 24.8 Å². The van der Waals surface area contributed by atoms with Crippen LogP contribution in [0.15, 0.2) is 18.2 Å². The molecular formula is C16H20N2O5. The van der Waals surface area contributed by atoms with Crippen LogP contribution in [0.25, 0.3) is 0 Å². The van der Waals surface area contributed by atoms with Crippen molar-refractivity contribution in [2.45, 2.75) is 5.92 Å². The molecule has 0 aromatic heterocycles. The lowest BCUT2D eigenvalue weighted by Gasteiger charge is -2.35. The molecule has 2 aliphatic rings. The topological polar surface area (TPSA) is 88.1 Å². The zero-order chi connectivity index (χ0) is 16.6. The van der Waals surface area contributed by atoms with Crippen molar-refractivity contribution in [1.29, 1.82) is 0 Å². The first-order valence-electron chi connectivity index (χ1n) is 7.48. The number of nitrogens with one attached hydrogen (secondary N) is 1. The fourth-order valence-electron chi connectivity index (χ4n) is 3.45. The molecule has 3 rings (SSSR count). The number of fused-ring (bicyclic) bond motifs is 3. The van der Waals surface area contributed by atoms with Crippen LogP contribution in [0.3, 0.4) is 0 Å². The Bertz CT molecular complexity index is 647. The minimum atomic E-state index is -1.09. The smallest absolute Gasteiger partial charge is 0.315 e. The third kappa shape index (κ3) is 2.41.